The first-order valence-electron chi connectivity index (χ1n) is 13.4. The topological polar surface area (TPSA) is 57.7 Å². The standard InChI is InChI=1S/C34H28ClNO4/c1-38-33(37)25-11-8-23(9-12-25)6-7-24-10-15-31(35)26(20-24)22-39-34(17-18-34)30-21-36-19-16-28(30)29-4-2-3-5-32(29)40-27-13-14-27/h2-5,8-12,15-16,19-21,27H,13-14,17-18,22H2,1H3. The van der Waals surface area contributed by atoms with Gasteiger partial charge in [0.05, 0.1) is 31.0 Å². The maximum Gasteiger partial charge on any atom is 0.337 e. The zero-order chi connectivity index (χ0) is 27.5. The predicted molar refractivity (Wildman–Crippen MR) is 154 cm³/mol. The van der Waals surface area contributed by atoms with Gasteiger partial charge in [0.25, 0.3) is 0 Å². The first-order chi connectivity index (χ1) is 19.5. The fourth-order valence-corrected chi connectivity index (χ4v) is 4.86. The van der Waals surface area contributed by atoms with Crippen molar-refractivity contribution in [1.82, 2.24) is 4.98 Å². The Hall–Kier alpha value is -4.11. The molecule has 0 amide bonds. The van der Waals surface area contributed by atoms with Crippen LogP contribution in [0.25, 0.3) is 11.1 Å². The van der Waals surface area contributed by atoms with Crippen molar-refractivity contribution >= 4 is 17.6 Å². The minimum absolute atomic E-state index is 0.314. The van der Waals surface area contributed by atoms with Gasteiger partial charge in [-0.3, -0.25) is 4.98 Å². The number of hydrogen-bond acceptors (Lipinski definition) is 5. The highest BCUT2D eigenvalue weighted by Gasteiger charge is 2.47. The van der Waals surface area contributed by atoms with Crippen molar-refractivity contribution in [3.63, 3.8) is 0 Å². The van der Waals surface area contributed by atoms with Gasteiger partial charge in [-0.05, 0) is 91.4 Å². The largest absolute Gasteiger partial charge is 0.490 e. The highest BCUT2D eigenvalue weighted by atomic mass is 35.5. The zero-order valence-electron chi connectivity index (χ0n) is 22.2. The zero-order valence-corrected chi connectivity index (χ0v) is 22.9. The van der Waals surface area contributed by atoms with Gasteiger partial charge in [-0.1, -0.05) is 41.6 Å². The van der Waals surface area contributed by atoms with Gasteiger partial charge in [0.15, 0.2) is 0 Å². The highest BCUT2D eigenvalue weighted by molar-refractivity contribution is 6.31. The Morgan fingerprint density at radius 2 is 1.73 bits per heavy atom. The smallest absolute Gasteiger partial charge is 0.337 e. The van der Waals surface area contributed by atoms with Crippen LogP contribution in [0.4, 0.5) is 0 Å². The van der Waals surface area contributed by atoms with Crippen molar-refractivity contribution in [2.75, 3.05) is 7.11 Å². The Morgan fingerprint density at radius 3 is 2.48 bits per heavy atom. The molecule has 40 heavy (non-hydrogen) atoms. The van der Waals surface area contributed by atoms with E-state index in [0.29, 0.717) is 23.3 Å². The molecule has 2 saturated carbocycles. The number of rotatable bonds is 8. The number of methoxy groups -OCH3 is 1. The predicted octanol–water partition coefficient (Wildman–Crippen LogP) is 7.34. The highest BCUT2D eigenvalue weighted by Crippen LogP contribution is 2.53. The first-order valence-corrected chi connectivity index (χ1v) is 13.8. The monoisotopic (exact) mass is 549 g/mol. The summed E-state index contributed by atoms with van der Waals surface area (Å²) < 4.78 is 17.6. The summed E-state index contributed by atoms with van der Waals surface area (Å²) in [6, 6.07) is 23.0. The van der Waals surface area contributed by atoms with Crippen molar-refractivity contribution in [3.8, 4) is 28.7 Å². The van der Waals surface area contributed by atoms with Crippen LogP contribution in [0.15, 0.2) is 85.2 Å². The van der Waals surface area contributed by atoms with E-state index in [9.17, 15) is 4.79 Å². The summed E-state index contributed by atoms with van der Waals surface area (Å²) in [5.74, 6) is 6.87. The molecule has 6 rings (SSSR count). The summed E-state index contributed by atoms with van der Waals surface area (Å²) >= 11 is 6.57. The van der Waals surface area contributed by atoms with Crippen LogP contribution in [0, 0.1) is 11.8 Å². The van der Waals surface area contributed by atoms with Gasteiger partial charge < -0.3 is 14.2 Å². The Kier molecular flexibility index (Phi) is 7.30. The molecule has 4 aromatic rings. The lowest BCUT2D eigenvalue weighted by Crippen LogP contribution is -2.14. The normalized spacial score (nSPS) is 15.1. The Bertz CT molecular complexity index is 1610. The second-order valence-corrected chi connectivity index (χ2v) is 10.5. The van der Waals surface area contributed by atoms with Gasteiger partial charge in [-0.15, -0.1) is 0 Å². The van der Waals surface area contributed by atoms with Crippen molar-refractivity contribution in [1.29, 1.82) is 0 Å². The van der Waals surface area contributed by atoms with Crippen LogP contribution in [0.2, 0.25) is 5.02 Å². The van der Waals surface area contributed by atoms with E-state index in [1.807, 2.05) is 48.8 Å². The number of hydrogen-bond donors (Lipinski definition) is 0. The van der Waals surface area contributed by atoms with E-state index in [1.165, 1.54) is 7.11 Å². The van der Waals surface area contributed by atoms with Crippen LogP contribution in [0.3, 0.4) is 0 Å². The molecule has 3 aromatic carbocycles. The Morgan fingerprint density at radius 1 is 0.975 bits per heavy atom. The summed E-state index contributed by atoms with van der Waals surface area (Å²) in [7, 11) is 1.36. The molecular weight excluding hydrogens is 522 g/mol. The molecule has 2 fully saturated rings. The summed E-state index contributed by atoms with van der Waals surface area (Å²) in [5, 5.41) is 0.637. The Balaban J connectivity index is 1.20. The van der Waals surface area contributed by atoms with E-state index in [0.717, 1.165) is 64.8 Å². The molecule has 0 spiro atoms. The molecule has 0 atom stereocenters. The van der Waals surface area contributed by atoms with Gasteiger partial charge >= 0.3 is 5.97 Å². The third kappa shape index (κ3) is 5.74. The Labute approximate surface area is 239 Å². The molecule has 1 aromatic heterocycles. The summed E-state index contributed by atoms with van der Waals surface area (Å²) in [6.45, 7) is 0.358. The van der Waals surface area contributed by atoms with E-state index < -0.39 is 5.60 Å². The van der Waals surface area contributed by atoms with Gasteiger partial charge in [-0.25, -0.2) is 4.79 Å². The molecule has 5 nitrogen and oxygen atoms in total. The molecule has 0 N–H and O–H groups in total. The van der Waals surface area contributed by atoms with Gasteiger partial charge in [0.1, 0.15) is 5.75 Å². The number of carbonyl (C=O) groups is 1. The number of pyridine rings is 1. The number of halogens is 1. The fourth-order valence-electron chi connectivity index (χ4n) is 4.69. The number of carbonyl (C=O) groups excluding carboxylic acids is 1. The van der Waals surface area contributed by atoms with Crippen LogP contribution >= 0.6 is 11.6 Å². The van der Waals surface area contributed by atoms with Crippen LogP contribution in [0.5, 0.6) is 5.75 Å². The molecular formula is C34H28ClNO4. The van der Waals surface area contributed by atoms with E-state index in [1.54, 1.807) is 24.3 Å². The first kappa shape index (κ1) is 26.1. The van der Waals surface area contributed by atoms with Crippen molar-refractivity contribution in [2.45, 2.75) is 44.0 Å². The van der Waals surface area contributed by atoms with Crippen LogP contribution in [-0.4, -0.2) is 24.2 Å². The summed E-state index contributed by atoms with van der Waals surface area (Å²) in [5.41, 5.74) is 5.81. The lowest BCUT2D eigenvalue weighted by molar-refractivity contribution is 0.0174. The van der Waals surface area contributed by atoms with Crippen molar-refractivity contribution in [2.24, 2.45) is 0 Å². The minimum Gasteiger partial charge on any atom is -0.490 e. The maximum absolute atomic E-state index is 11.7. The second-order valence-electron chi connectivity index (χ2n) is 10.1. The number of para-hydroxylation sites is 1. The number of benzene rings is 3. The van der Waals surface area contributed by atoms with E-state index in [4.69, 9.17) is 25.8 Å². The molecule has 2 aliphatic carbocycles. The lowest BCUT2D eigenvalue weighted by Gasteiger charge is -2.22. The molecule has 0 unspecified atom stereocenters. The molecule has 0 aliphatic heterocycles. The second kappa shape index (κ2) is 11.2. The van der Waals surface area contributed by atoms with Crippen molar-refractivity contribution < 1.29 is 19.0 Å². The van der Waals surface area contributed by atoms with Crippen LogP contribution in [0.1, 0.15) is 58.3 Å². The third-order valence-corrected chi connectivity index (χ3v) is 7.59. The third-order valence-electron chi connectivity index (χ3n) is 7.22. The molecule has 6 heteroatoms. The fraction of sp³-hybridized carbons (Fsp3) is 0.235. The molecule has 1 heterocycles. The van der Waals surface area contributed by atoms with E-state index >= 15 is 0 Å². The van der Waals surface area contributed by atoms with Gasteiger partial charge in [0, 0.05) is 39.7 Å². The molecule has 0 bridgehead atoms. The lowest BCUT2D eigenvalue weighted by atomic mass is 9.96. The number of ether oxygens (including phenoxy) is 3. The summed E-state index contributed by atoms with van der Waals surface area (Å²) in [6.07, 6.45) is 8.10. The number of esters is 1. The molecule has 0 saturated heterocycles. The average molecular weight is 550 g/mol. The van der Waals surface area contributed by atoms with Gasteiger partial charge in [-0.2, -0.15) is 0 Å². The molecule has 2 aliphatic rings. The average Bonchev–Trinajstić information content (AvgIpc) is 3.94. The van der Waals surface area contributed by atoms with Crippen LogP contribution < -0.4 is 4.74 Å². The molecule has 200 valence electrons. The van der Waals surface area contributed by atoms with Crippen molar-refractivity contribution in [3.05, 3.63) is 118 Å². The van der Waals surface area contributed by atoms with E-state index in [2.05, 4.69) is 29.0 Å². The molecule has 0 radical (unpaired) electrons. The van der Waals surface area contributed by atoms with Gasteiger partial charge in [0.2, 0.25) is 0 Å². The SMILES string of the molecule is COC(=O)c1ccc(C#Cc2ccc(Cl)c(COC3(c4cnccc4-c4ccccc4OC4CC4)CC3)c2)cc1. The minimum atomic E-state index is -0.414. The maximum atomic E-state index is 11.7. The quantitative estimate of drug-likeness (QED) is 0.170. The van der Waals surface area contributed by atoms with Crippen LogP contribution in [-0.2, 0) is 21.7 Å². The summed E-state index contributed by atoms with van der Waals surface area (Å²) in [4.78, 5) is 16.1. The number of nitrogens with zero attached hydrogens (tertiary/aromatic N) is 1. The van der Waals surface area contributed by atoms with E-state index in [-0.39, 0.29) is 5.97 Å². The number of aromatic nitrogens is 1.